The Morgan fingerprint density at radius 1 is 0.667 bits per heavy atom. The van der Waals surface area contributed by atoms with Crippen LogP contribution in [0, 0.1) is 0 Å². The van der Waals surface area contributed by atoms with Crippen LogP contribution in [-0.2, 0) is 13.1 Å². The second-order valence-corrected chi connectivity index (χ2v) is 7.44. The highest BCUT2D eigenvalue weighted by molar-refractivity contribution is 5.99. The third-order valence-corrected chi connectivity index (χ3v) is 5.03. The van der Waals surface area contributed by atoms with E-state index in [9.17, 15) is 9.59 Å². The van der Waals surface area contributed by atoms with Gasteiger partial charge in [0.1, 0.15) is 5.82 Å². The number of nitrogens with zero attached hydrogens (tertiary/aromatic N) is 1. The van der Waals surface area contributed by atoms with Crippen molar-refractivity contribution in [3.05, 3.63) is 126 Å². The van der Waals surface area contributed by atoms with Gasteiger partial charge in [-0.05, 0) is 41.5 Å². The van der Waals surface area contributed by atoms with Crippen LogP contribution in [0.2, 0.25) is 0 Å². The van der Waals surface area contributed by atoms with Gasteiger partial charge in [-0.25, -0.2) is 4.98 Å². The number of aromatic nitrogens is 1. The summed E-state index contributed by atoms with van der Waals surface area (Å²) in [5.41, 5.74) is 3.64. The summed E-state index contributed by atoms with van der Waals surface area (Å²) in [6.45, 7) is 0.869. The van der Waals surface area contributed by atoms with Gasteiger partial charge >= 0.3 is 0 Å². The monoisotopic (exact) mass is 436 g/mol. The summed E-state index contributed by atoms with van der Waals surface area (Å²) in [5, 5.41) is 9.01. The molecule has 4 rings (SSSR count). The fourth-order valence-corrected chi connectivity index (χ4v) is 3.32. The lowest BCUT2D eigenvalue weighted by Crippen LogP contribution is -2.24. The average Bonchev–Trinajstić information content (AvgIpc) is 2.87. The molecule has 4 aromatic rings. The number of carbonyl (C=O) groups is 2. The molecule has 3 aromatic carbocycles. The largest absolute Gasteiger partial charge is 0.348 e. The summed E-state index contributed by atoms with van der Waals surface area (Å²) in [5.74, 6) is 0.0143. The third kappa shape index (κ3) is 6.04. The van der Waals surface area contributed by atoms with E-state index in [1.54, 1.807) is 36.5 Å². The van der Waals surface area contributed by atoms with Crippen LogP contribution in [0.15, 0.2) is 103 Å². The number of benzene rings is 3. The van der Waals surface area contributed by atoms with Gasteiger partial charge in [-0.15, -0.1) is 0 Å². The molecule has 0 fully saturated rings. The molecule has 6 heteroatoms. The van der Waals surface area contributed by atoms with Crippen LogP contribution in [0.25, 0.3) is 0 Å². The second-order valence-electron chi connectivity index (χ2n) is 7.44. The second kappa shape index (κ2) is 10.7. The van der Waals surface area contributed by atoms with Crippen molar-refractivity contribution in [2.45, 2.75) is 13.1 Å². The summed E-state index contributed by atoms with van der Waals surface area (Å²) in [6.07, 6.45) is 1.62. The molecule has 0 radical (unpaired) electrons. The summed E-state index contributed by atoms with van der Waals surface area (Å²) < 4.78 is 0. The van der Waals surface area contributed by atoms with Crippen molar-refractivity contribution in [1.29, 1.82) is 0 Å². The summed E-state index contributed by atoms with van der Waals surface area (Å²) >= 11 is 0. The van der Waals surface area contributed by atoms with Gasteiger partial charge in [0.05, 0.1) is 5.56 Å². The zero-order chi connectivity index (χ0) is 22.9. The molecule has 1 aromatic heterocycles. The van der Waals surface area contributed by atoms with E-state index >= 15 is 0 Å². The van der Waals surface area contributed by atoms with Gasteiger partial charge < -0.3 is 16.0 Å². The lowest BCUT2D eigenvalue weighted by Gasteiger charge is -2.12. The Balaban J connectivity index is 1.43. The molecule has 0 aliphatic heterocycles. The quantitative estimate of drug-likeness (QED) is 0.374. The van der Waals surface area contributed by atoms with Crippen molar-refractivity contribution in [2.24, 2.45) is 0 Å². The number of pyridine rings is 1. The molecule has 1 heterocycles. The van der Waals surface area contributed by atoms with E-state index in [0.717, 1.165) is 11.1 Å². The van der Waals surface area contributed by atoms with Crippen molar-refractivity contribution in [3.8, 4) is 0 Å². The highest BCUT2D eigenvalue weighted by atomic mass is 16.2. The van der Waals surface area contributed by atoms with E-state index < -0.39 is 0 Å². The number of hydrogen-bond acceptors (Lipinski definition) is 4. The molecule has 33 heavy (non-hydrogen) atoms. The minimum atomic E-state index is -0.230. The first-order valence-corrected chi connectivity index (χ1v) is 10.7. The molecular formula is C27H24N4O2. The Morgan fingerprint density at radius 3 is 1.97 bits per heavy atom. The van der Waals surface area contributed by atoms with Crippen molar-refractivity contribution in [1.82, 2.24) is 15.6 Å². The van der Waals surface area contributed by atoms with Crippen molar-refractivity contribution < 1.29 is 9.59 Å². The standard InChI is InChI=1S/C27H24N4O2/c32-26(29-18-20-9-3-1-4-10-20)22-13-7-14-23(17-22)31-25-24(15-8-16-28-25)27(33)30-19-21-11-5-2-6-12-21/h1-17H,18-19H2,(H,28,31)(H,29,32)(H,30,33). The lowest BCUT2D eigenvalue weighted by molar-refractivity contribution is 0.0943. The minimum Gasteiger partial charge on any atom is -0.348 e. The topological polar surface area (TPSA) is 83.1 Å². The highest BCUT2D eigenvalue weighted by Crippen LogP contribution is 2.20. The first-order valence-electron chi connectivity index (χ1n) is 10.7. The zero-order valence-electron chi connectivity index (χ0n) is 18.0. The number of carbonyl (C=O) groups excluding carboxylic acids is 2. The van der Waals surface area contributed by atoms with Gasteiger partial charge in [0.15, 0.2) is 0 Å². The Bertz CT molecular complexity index is 1230. The van der Waals surface area contributed by atoms with Crippen LogP contribution in [0.5, 0.6) is 0 Å². The molecule has 164 valence electrons. The van der Waals surface area contributed by atoms with Gasteiger partial charge in [-0.1, -0.05) is 66.7 Å². The van der Waals surface area contributed by atoms with Gasteiger partial charge in [0.2, 0.25) is 0 Å². The van der Waals surface area contributed by atoms with Crippen LogP contribution < -0.4 is 16.0 Å². The van der Waals surface area contributed by atoms with Gasteiger partial charge in [0.25, 0.3) is 11.8 Å². The SMILES string of the molecule is O=C(NCc1ccccc1)c1cccc(Nc2ncccc2C(=O)NCc2ccccc2)c1. The van der Waals surface area contributed by atoms with E-state index in [-0.39, 0.29) is 11.8 Å². The Hall–Kier alpha value is -4.45. The van der Waals surface area contributed by atoms with Gasteiger partial charge in [0, 0.05) is 30.5 Å². The summed E-state index contributed by atoms with van der Waals surface area (Å²) in [6, 6.07) is 30.0. The molecule has 0 bridgehead atoms. The normalized spacial score (nSPS) is 10.3. The smallest absolute Gasteiger partial charge is 0.255 e. The first kappa shape index (κ1) is 21.8. The molecule has 0 saturated heterocycles. The maximum atomic E-state index is 12.8. The third-order valence-electron chi connectivity index (χ3n) is 5.03. The predicted molar refractivity (Wildman–Crippen MR) is 129 cm³/mol. The van der Waals surface area contributed by atoms with E-state index in [1.807, 2.05) is 66.7 Å². The molecule has 3 N–H and O–H groups in total. The molecule has 0 unspecified atom stereocenters. The number of amides is 2. The van der Waals surface area contributed by atoms with Crippen molar-refractivity contribution in [3.63, 3.8) is 0 Å². The number of nitrogens with one attached hydrogen (secondary N) is 3. The van der Waals surface area contributed by atoms with E-state index in [4.69, 9.17) is 0 Å². The number of anilines is 2. The molecule has 2 amide bonds. The molecule has 0 atom stereocenters. The minimum absolute atomic E-state index is 0.177. The average molecular weight is 437 g/mol. The predicted octanol–water partition coefficient (Wildman–Crippen LogP) is 4.69. The van der Waals surface area contributed by atoms with Gasteiger partial charge in [-0.2, -0.15) is 0 Å². The Kier molecular flexibility index (Phi) is 7.08. The Morgan fingerprint density at radius 2 is 1.30 bits per heavy atom. The molecule has 0 saturated carbocycles. The molecular weight excluding hydrogens is 412 g/mol. The molecule has 0 spiro atoms. The maximum absolute atomic E-state index is 12.8. The zero-order valence-corrected chi connectivity index (χ0v) is 18.0. The molecule has 0 aliphatic carbocycles. The molecule has 0 aliphatic rings. The molecule has 6 nitrogen and oxygen atoms in total. The lowest BCUT2D eigenvalue weighted by atomic mass is 10.1. The van der Waals surface area contributed by atoms with Crippen LogP contribution in [-0.4, -0.2) is 16.8 Å². The highest BCUT2D eigenvalue weighted by Gasteiger charge is 2.13. The van der Waals surface area contributed by atoms with Crippen LogP contribution in [0.1, 0.15) is 31.8 Å². The van der Waals surface area contributed by atoms with Gasteiger partial charge in [-0.3, -0.25) is 9.59 Å². The Labute approximate surface area is 192 Å². The maximum Gasteiger partial charge on any atom is 0.255 e. The summed E-state index contributed by atoms with van der Waals surface area (Å²) in [7, 11) is 0. The fraction of sp³-hybridized carbons (Fsp3) is 0.0741. The van der Waals surface area contributed by atoms with Crippen LogP contribution in [0.3, 0.4) is 0 Å². The van der Waals surface area contributed by atoms with Crippen molar-refractivity contribution >= 4 is 23.3 Å². The van der Waals surface area contributed by atoms with E-state index in [2.05, 4.69) is 20.9 Å². The number of hydrogen-bond donors (Lipinski definition) is 3. The summed E-state index contributed by atoms with van der Waals surface area (Å²) in [4.78, 5) is 29.7. The van der Waals surface area contributed by atoms with Crippen LogP contribution >= 0.6 is 0 Å². The van der Waals surface area contributed by atoms with E-state index in [1.165, 1.54) is 0 Å². The number of rotatable bonds is 8. The van der Waals surface area contributed by atoms with Crippen molar-refractivity contribution in [2.75, 3.05) is 5.32 Å². The van der Waals surface area contributed by atoms with Crippen LogP contribution in [0.4, 0.5) is 11.5 Å². The first-order chi connectivity index (χ1) is 16.2. The fourth-order valence-electron chi connectivity index (χ4n) is 3.32. The van der Waals surface area contributed by atoms with E-state index in [0.29, 0.717) is 35.7 Å².